The van der Waals surface area contributed by atoms with Crippen molar-refractivity contribution in [3.8, 4) is 11.5 Å². The molecule has 2 N–H and O–H groups in total. The van der Waals surface area contributed by atoms with Crippen molar-refractivity contribution in [2.24, 2.45) is 35.5 Å². The van der Waals surface area contributed by atoms with E-state index in [1.807, 2.05) is 6.08 Å². The highest BCUT2D eigenvalue weighted by Gasteiger charge is 2.62. The van der Waals surface area contributed by atoms with E-state index >= 15 is 0 Å². The third-order valence-corrected chi connectivity index (χ3v) is 5.89. The Morgan fingerprint density at radius 3 is 2.28 bits per heavy atom. The molecule has 0 aromatic heterocycles. The second-order valence-electron chi connectivity index (χ2n) is 7.05. The van der Waals surface area contributed by atoms with Gasteiger partial charge in [-0.15, -0.1) is 0 Å². The van der Waals surface area contributed by atoms with E-state index in [0.717, 1.165) is 6.42 Å². The van der Waals surface area contributed by atoms with Gasteiger partial charge in [-0.2, -0.15) is 0 Å². The fraction of sp³-hybridized carbons (Fsp3) is 0.474. The summed E-state index contributed by atoms with van der Waals surface area (Å²) in [6.07, 6.45) is 5.10. The Morgan fingerprint density at radius 2 is 1.68 bits per heavy atom. The summed E-state index contributed by atoms with van der Waals surface area (Å²) in [5, 5.41) is 12.6. The maximum atomic E-state index is 12.9. The average molecular weight is 343 g/mol. The fourth-order valence-electron chi connectivity index (χ4n) is 4.71. The smallest absolute Gasteiger partial charge is 0.307 e. The van der Waals surface area contributed by atoms with Crippen molar-refractivity contribution in [1.82, 2.24) is 0 Å². The molecular formula is C19H21NO5. The number of carboxylic acids is 1. The number of anilines is 1. The lowest BCUT2D eigenvalue weighted by Crippen LogP contribution is -2.48. The van der Waals surface area contributed by atoms with Gasteiger partial charge in [-0.1, -0.05) is 12.2 Å². The molecule has 5 rings (SSSR count). The van der Waals surface area contributed by atoms with E-state index in [9.17, 15) is 14.7 Å². The number of fused-ring (bicyclic) bond motifs is 1. The van der Waals surface area contributed by atoms with Crippen LogP contribution in [-0.4, -0.2) is 31.2 Å². The highest BCUT2D eigenvalue weighted by molar-refractivity contribution is 5.96. The van der Waals surface area contributed by atoms with Crippen LogP contribution in [0.15, 0.2) is 30.4 Å². The minimum Gasteiger partial charge on any atom is -0.493 e. The number of carbonyl (C=O) groups is 2. The van der Waals surface area contributed by atoms with Crippen molar-refractivity contribution < 1.29 is 24.2 Å². The maximum Gasteiger partial charge on any atom is 0.307 e. The number of methoxy groups -OCH3 is 2. The molecule has 0 radical (unpaired) electrons. The van der Waals surface area contributed by atoms with Crippen molar-refractivity contribution in [3.05, 3.63) is 30.4 Å². The third kappa shape index (κ3) is 2.47. The first kappa shape index (κ1) is 16.0. The quantitative estimate of drug-likeness (QED) is 0.802. The molecular weight excluding hydrogens is 322 g/mol. The molecule has 0 unspecified atom stereocenters. The number of benzene rings is 1. The average Bonchev–Trinajstić information content (AvgIpc) is 3.43. The second kappa shape index (κ2) is 5.79. The number of allylic oxidation sites excluding steroid dienone is 2. The number of hydrogen-bond donors (Lipinski definition) is 2. The molecule has 6 atom stereocenters. The van der Waals surface area contributed by atoms with Crippen molar-refractivity contribution in [1.29, 1.82) is 0 Å². The molecule has 2 fully saturated rings. The van der Waals surface area contributed by atoms with Crippen LogP contribution in [0.25, 0.3) is 0 Å². The molecule has 25 heavy (non-hydrogen) atoms. The molecule has 1 aromatic carbocycles. The number of nitrogens with one attached hydrogen (secondary N) is 1. The zero-order valence-electron chi connectivity index (χ0n) is 14.1. The molecule has 0 heterocycles. The molecule has 1 aromatic rings. The first-order valence-corrected chi connectivity index (χ1v) is 8.49. The van der Waals surface area contributed by atoms with Crippen LogP contribution in [0.3, 0.4) is 0 Å². The first-order valence-electron chi connectivity index (χ1n) is 8.49. The fourth-order valence-corrected chi connectivity index (χ4v) is 4.71. The van der Waals surface area contributed by atoms with Gasteiger partial charge < -0.3 is 19.9 Å². The lowest BCUT2D eigenvalue weighted by atomic mass is 9.62. The Balaban J connectivity index is 1.58. The molecule has 4 aliphatic rings. The lowest BCUT2D eigenvalue weighted by molar-refractivity contribution is -0.152. The second-order valence-corrected chi connectivity index (χ2v) is 7.05. The van der Waals surface area contributed by atoms with Crippen LogP contribution in [0.4, 0.5) is 5.69 Å². The number of rotatable bonds is 5. The Bertz CT molecular complexity index is 758. The van der Waals surface area contributed by atoms with Gasteiger partial charge in [0.2, 0.25) is 5.91 Å². The number of carbonyl (C=O) groups excluding carboxylic acids is 1. The third-order valence-electron chi connectivity index (χ3n) is 5.89. The van der Waals surface area contributed by atoms with Gasteiger partial charge in [0.25, 0.3) is 0 Å². The Morgan fingerprint density at radius 1 is 1.04 bits per heavy atom. The van der Waals surface area contributed by atoms with E-state index in [1.54, 1.807) is 25.3 Å². The number of amides is 1. The van der Waals surface area contributed by atoms with Crippen molar-refractivity contribution in [2.45, 2.75) is 6.42 Å². The minimum atomic E-state index is -0.878. The van der Waals surface area contributed by atoms with Gasteiger partial charge in [0.05, 0.1) is 26.1 Å². The van der Waals surface area contributed by atoms with Crippen molar-refractivity contribution in [2.75, 3.05) is 19.5 Å². The Labute approximate surface area is 145 Å². The molecule has 0 spiro atoms. The topological polar surface area (TPSA) is 84.9 Å². The molecule has 4 aliphatic carbocycles. The molecule has 0 aliphatic heterocycles. The van der Waals surface area contributed by atoms with Crippen molar-refractivity contribution in [3.63, 3.8) is 0 Å². The van der Waals surface area contributed by atoms with E-state index in [0.29, 0.717) is 29.0 Å². The molecule has 132 valence electrons. The summed E-state index contributed by atoms with van der Waals surface area (Å²) >= 11 is 0. The van der Waals surface area contributed by atoms with Gasteiger partial charge in [-0.05, 0) is 42.2 Å². The summed E-state index contributed by atoms with van der Waals surface area (Å²) in [6.45, 7) is 0. The van der Waals surface area contributed by atoms with Gasteiger partial charge in [0.1, 0.15) is 0 Å². The number of carboxylic acid groups (broad SMARTS) is 1. The largest absolute Gasteiger partial charge is 0.493 e. The Hall–Kier alpha value is -2.50. The van der Waals surface area contributed by atoms with Gasteiger partial charge in [-0.3, -0.25) is 9.59 Å². The van der Waals surface area contributed by atoms with E-state index in [1.165, 1.54) is 7.11 Å². The number of hydrogen-bond acceptors (Lipinski definition) is 4. The monoisotopic (exact) mass is 343 g/mol. The summed E-state index contributed by atoms with van der Waals surface area (Å²) in [5.74, 6) is -0.269. The predicted molar refractivity (Wildman–Crippen MR) is 90.5 cm³/mol. The standard InChI is InChI=1S/C19H21NO5/c1-24-14-6-3-9(7-15(14)25-2)20-18(21)16-10-4-5-11(13-8-12(10)13)17(16)19(22)23/h3-7,10-13,16-17H,8H2,1-2H3,(H,20,21)(H,22,23)/t10-,11-,12-,13-,16+,17-/m0/s1. The number of aliphatic carboxylic acids is 1. The molecule has 6 nitrogen and oxygen atoms in total. The normalized spacial score (nSPS) is 34.2. The molecule has 2 bridgehead atoms. The summed E-state index contributed by atoms with van der Waals surface area (Å²) in [5.41, 5.74) is 0.574. The van der Waals surface area contributed by atoms with Crippen LogP contribution in [0.2, 0.25) is 0 Å². The highest BCUT2D eigenvalue weighted by Crippen LogP contribution is 2.63. The number of ether oxygens (including phenoxy) is 2. The van der Waals surface area contributed by atoms with Crippen LogP contribution < -0.4 is 14.8 Å². The van der Waals surface area contributed by atoms with Crippen LogP contribution >= 0.6 is 0 Å². The van der Waals surface area contributed by atoms with Crippen LogP contribution in [-0.2, 0) is 9.59 Å². The van der Waals surface area contributed by atoms with E-state index in [2.05, 4.69) is 11.4 Å². The first-order chi connectivity index (χ1) is 12.0. The molecule has 2 saturated carbocycles. The summed E-state index contributed by atoms with van der Waals surface area (Å²) in [4.78, 5) is 24.7. The van der Waals surface area contributed by atoms with E-state index in [4.69, 9.17) is 9.47 Å². The van der Waals surface area contributed by atoms with E-state index < -0.39 is 17.8 Å². The molecule has 6 heteroatoms. The highest BCUT2D eigenvalue weighted by atomic mass is 16.5. The SMILES string of the molecule is COc1ccc(NC(=O)[C@@H]2[C@H]3C=C[C@@H]([C@@H]4C[C@@H]34)[C@@H]2C(=O)O)cc1OC. The van der Waals surface area contributed by atoms with Crippen molar-refractivity contribution >= 4 is 17.6 Å². The lowest BCUT2D eigenvalue weighted by Gasteiger charge is -2.41. The summed E-state index contributed by atoms with van der Waals surface area (Å²) < 4.78 is 10.5. The zero-order valence-corrected chi connectivity index (χ0v) is 14.1. The summed E-state index contributed by atoms with van der Waals surface area (Å²) in [6, 6.07) is 5.13. The van der Waals surface area contributed by atoms with Crippen LogP contribution in [0.1, 0.15) is 6.42 Å². The van der Waals surface area contributed by atoms with E-state index in [-0.39, 0.29) is 17.7 Å². The van der Waals surface area contributed by atoms with Crippen LogP contribution in [0.5, 0.6) is 11.5 Å². The molecule has 0 saturated heterocycles. The predicted octanol–water partition coefficient (Wildman–Crippen LogP) is 2.41. The zero-order chi connectivity index (χ0) is 17.7. The van der Waals surface area contributed by atoms with Gasteiger partial charge in [-0.25, -0.2) is 0 Å². The van der Waals surface area contributed by atoms with Gasteiger partial charge in [0, 0.05) is 11.8 Å². The summed E-state index contributed by atoms with van der Waals surface area (Å²) in [7, 11) is 3.08. The maximum absolute atomic E-state index is 12.9. The van der Waals surface area contributed by atoms with Gasteiger partial charge in [0.15, 0.2) is 11.5 Å². The molecule has 1 amide bonds. The minimum absolute atomic E-state index is 0.0198. The van der Waals surface area contributed by atoms with Gasteiger partial charge >= 0.3 is 5.97 Å². The van der Waals surface area contributed by atoms with Crippen LogP contribution in [0, 0.1) is 35.5 Å². The Kier molecular flexibility index (Phi) is 3.71.